The van der Waals surface area contributed by atoms with Gasteiger partial charge in [0.1, 0.15) is 0 Å². The van der Waals surface area contributed by atoms with Crippen LogP contribution in [0.3, 0.4) is 0 Å². The molecular weight excluding hydrogens is 257 g/mol. The molecule has 0 radical (unpaired) electrons. The van der Waals surface area contributed by atoms with Crippen LogP contribution in [0.1, 0.15) is 5.82 Å². The van der Waals surface area contributed by atoms with Crippen LogP contribution in [0.15, 0.2) is 4.99 Å². The van der Waals surface area contributed by atoms with Crippen LogP contribution < -0.4 is 0 Å². The molecule has 0 atom stereocenters. The average molecular weight is 265 g/mol. The summed E-state index contributed by atoms with van der Waals surface area (Å²) in [7, 11) is 1.84. The molecule has 2 rings (SSSR count). The van der Waals surface area contributed by atoms with E-state index in [9.17, 15) is 0 Å². The lowest BCUT2D eigenvalue weighted by Crippen LogP contribution is -2.17. The highest BCUT2D eigenvalue weighted by Gasteiger charge is 2.25. The van der Waals surface area contributed by atoms with E-state index in [0.29, 0.717) is 28.3 Å². The number of nitrogens with zero attached hydrogens (tertiary/aromatic N) is 4. The van der Waals surface area contributed by atoms with Crippen LogP contribution in [-0.4, -0.2) is 36.4 Å². The molecule has 5 nitrogen and oxygen atoms in total. The molecule has 0 bridgehead atoms. The van der Waals surface area contributed by atoms with Crippen LogP contribution >= 0.6 is 35.4 Å². The van der Waals surface area contributed by atoms with Crippen molar-refractivity contribution >= 4 is 45.8 Å². The Morgan fingerprint density at radius 1 is 1.60 bits per heavy atom. The highest BCUT2D eigenvalue weighted by atomic mass is 35.5. The normalized spacial score (nSPS) is 16.1. The first-order valence-corrected chi connectivity index (χ1v) is 5.34. The highest BCUT2D eigenvalue weighted by molar-refractivity contribution is 7.71. The van der Waals surface area contributed by atoms with Crippen molar-refractivity contribution in [1.82, 2.24) is 14.8 Å². The zero-order valence-corrected chi connectivity index (χ0v) is 10.2. The predicted molar refractivity (Wildman–Crippen MR) is 61.4 cm³/mol. The maximum atomic E-state index is 5.94. The first kappa shape index (κ1) is 10.8. The summed E-state index contributed by atoms with van der Waals surface area (Å²) in [5.74, 6) is 0.791. The van der Waals surface area contributed by atoms with E-state index >= 15 is 0 Å². The maximum Gasteiger partial charge on any atom is 0.309 e. The number of hydrogen-bond donors (Lipinski definition) is 1. The van der Waals surface area contributed by atoms with Gasteiger partial charge >= 0.3 is 5.17 Å². The van der Waals surface area contributed by atoms with Gasteiger partial charge in [0.2, 0.25) is 18.4 Å². The fourth-order valence-corrected chi connectivity index (χ4v) is 1.71. The van der Waals surface area contributed by atoms with Crippen molar-refractivity contribution in [1.29, 1.82) is 0 Å². The van der Waals surface area contributed by atoms with E-state index in [1.165, 1.54) is 0 Å². The van der Waals surface area contributed by atoms with E-state index in [0.717, 1.165) is 5.82 Å². The Labute approximate surface area is 101 Å². The van der Waals surface area contributed by atoms with Crippen LogP contribution in [0.4, 0.5) is 0 Å². The SMILES string of the molecule is Cn1c(C[N+]2=C(Cl)C(Cl)=NC2)n[nH]c1=S. The molecule has 0 saturated carbocycles. The molecule has 0 aromatic carbocycles. The number of H-pyrrole nitrogens is 1. The zero-order valence-electron chi connectivity index (χ0n) is 7.87. The summed E-state index contributed by atoms with van der Waals surface area (Å²) < 4.78 is 4.17. The second kappa shape index (κ2) is 4.03. The van der Waals surface area contributed by atoms with E-state index in [1.807, 2.05) is 11.6 Å². The number of hydrogen-bond acceptors (Lipinski definition) is 3. The third kappa shape index (κ3) is 1.97. The molecule has 0 fully saturated rings. The van der Waals surface area contributed by atoms with Gasteiger partial charge < -0.3 is 4.57 Å². The van der Waals surface area contributed by atoms with Gasteiger partial charge in [-0.2, -0.15) is 9.67 Å². The third-order valence-electron chi connectivity index (χ3n) is 2.13. The first-order chi connectivity index (χ1) is 7.09. The highest BCUT2D eigenvalue weighted by Crippen LogP contribution is 2.07. The topological polar surface area (TPSA) is 49.0 Å². The van der Waals surface area contributed by atoms with Gasteiger partial charge in [-0.1, -0.05) is 11.6 Å². The number of aliphatic imine (C=N–C) groups is 1. The molecule has 8 heteroatoms. The summed E-state index contributed by atoms with van der Waals surface area (Å²) in [6.07, 6.45) is 0. The summed E-state index contributed by atoms with van der Waals surface area (Å²) in [4.78, 5) is 4.00. The van der Waals surface area contributed by atoms with Gasteiger partial charge in [-0.05, 0) is 23.8 Å². The van der Waals surface area contributed by atoms with Crippen molar-refractivity contribution in [3.8, 4) is 0 Å². The van der Waals surface area contributed by atoms with Crippen molar-refractivity contribution in [3.05, 3.63) is 10.6 Å². The van der Waals surface area contributed by atoms with Gasteiger partial charge in [-0.3, -0.25) is 5.10 Å². The van der Waals surface area contributed by atoms with Crippen LogP contribution in [0.2, 0.25) is 0 Å². The van der Waals surface area contributed by atoms with Gasteiger partial charge in [0.25, 0.3) is 0 Å². The molecule has 0 aliphatic carbocycles. The fraction of sp³-hybridized carbons (Fsp3) is 0.429. The Morgan fingerprint density at radius 2 is 2.33 bits per heavy atom. The van der Waals surface area contributed by atoms with Crippen LogP contribution in [0.25, 0.3) is 0 Å². The second-order valence-electron chi connectivity index (χ2n) is 3.08. The summed E-state index contributed by atoms with van der Waals surface area (Å²) >= 11 is 16.7. The molecule has 1 aliphatic rings. The van der Waals surface area contributed by atoms with Crippen LogP contribution in [0.5, 0.6) is 0 Å². The summed E-state index contributed by atoms with van der Waals surface area (Å²) in [6, 6.07) is 0. The molecule has 15 heavy (non-hydrogen) atoms. The summed E-state index contributed by atoms with van der Waals surface area (Å²) in [5.41, 5.74) is 0. The lowest BCUT2D eigenvalue weighted by molar-refractivity contribution is -0.536. The molecule has 1 aliphatic heterocycles. The molecular formula is C7H8Cl2N5S+. The quantitative estimate of drug-likeness (QED) is 0.646. The average Bonchev–Trinajstić information content (AvgIpc) is 2.68. The number of nitrogens with one attached hydrogen (secondary N) is 1. The Kier molecular flexibility index (Phi) is 2.90. The van der Waals surface area contributed by atoms with Gasteiger partial charge in [0, 0.05) is 7.05 Å². The second-order valence-corrected chi connectivity index (χ2v) is 4.19. The lowest BCUT2D eigenvalue weighted by Gasteiger charge is -1.97. The number of rotatable bonds is 2. The monoisotopic (exact) mass is 264 g/mol. The molecule has 80 valence electrons. The molecule has 1 N–H and O–H groups in total. The van der Waals surface area contributed by atoms with Crippen molar-refractivity contribution in [2.24, 2.45) is 12.0 Å². The van der Waals surface area contributed by atoms with Crippen LogP contribution in [-0.2, 0) is 13.6 Å². The minimum Gasteiger partial charge on any atom is -0.302 e. The summed E-state index contributed by atoms with van der Waals surface area (Å²) in [5, 5.41) is 7.57. The van der Waals surface area contributed by atoms with Gasteiger partial charge in [0.15, 0.2) is 10.6 Å². The minimum absolute atomic E-state index is 0.341. The van der Waals surface area contributed by atoms with E-state index in [2.05, 4.69) is 15.2 Å². The number of aromatic nitrogens is 3. The lowest BCUT2D eigenvalue weighted by atomic mass is 10.5. The Balaban J connectivity index is 2.25. The van der Waals surface area contributed by atoms with Crippen molar-refractivity contribution < 1.29 is 4.58 Å². The van der Waals surface area contributed by atoms with E-state index in [-0.39, 0.29) is 0 Å². The van der Waals surface area contributed by atoms with Gasteiger partial charge in [0.05, 0.1) is 0 Å². The Morgan fingerprint density at radius 3 is 2.80 bits per heavy atom. The van der Waals surface area contributed by atoms with Crippen molar-refractivity contribution in [2.45, 2.75) is 6.54 Å². The fourth-order valence-electron chi connectivity index (χ4n) is 1.22. The van der Waals surface area contributed by atoms with Gasteiger partial charge in [-0.25, -0.2) is 4.99 Å². The predicted octanol–water partition coefficient (Wildman–Crippen LogP) is 1.24. The molecule has 0 spiro atoms. The van der Waals surface area contributed by atoms with Crippen molar-refractivity contribution in [2.75, 3.05) is 6.67 Å². The molecule has 1 aromatic heterocycles. The largest absolute Gasteiger partial charge is 0.309 e. The smallest absolute Gasteiger partial charge is 0.302 e. The number of aromatic amines is 1. The van der Waals surface area contributed by atoms with Gasteiger partial charge in [-0.15, -0.1) is 0 Å². The first-order valence-electron chi connectivity index (χ1n) is 4.17. The Hall–Kier alpha value is -0.720. The Bertz CT molecular complexity index is 512. The molecule has 2 heterocycles. The van der Waals surface area contributed by atoms with Crippen molar-refractivity contribution in [3.63, 3.8) is 0 Å². The zero-order chi connectivity index (χ0) is 11.0. The minimum atomic E-state index is 0.341. The molecule has 0 amide bonds. The summed E-state index contributed by atoms with van der Waals surface area (Å²) in [6.45, 7) is 0.986. The van der Waals surface area contributed by atoms with E-state index in [1.54, 1.807) is 4.57 Å². The molecule has 0 saturated heterocycles. The third-order valence-corrected chi connectivity index (χ3v) is 3.31. The van der Waals surface area contributed by atoms with E-state index in [4.69, 9.17) is 35.4 Å². The number of halogens is 2. The van der Waals surface area contributed by atoms with Crippen LogP contribution in [0, 0.1) is 4.77 Å². The molecule has 0 unspecified atom stereocenters. The van der Waals surface area contributed by atoms with E-state index < -0.39 is 0 Å². The standard InChI is InChI=1S/C7H7Cl2N5S/c1-13-4(11-12-7(13)15)2-14-3-10-5(8)6(14)9/h2-3H2,1H3/p+1. The maximum absolute atomic E-state index is 5.94. The molecule has 1 aromatic rings.